The summed E-state index contributed by atoms with van der Waals surface area (Å²) in [4.78, 5) is 11.7. The van der Waals surface area contributed by atoms with E-state index in [4.69, 9.17) is 14.7 Å². The lowest BCUT2D eigenvalue weighted by atomic mass is 10.1. The lowest BCUT2D eigenvalue weighted by molar-refractivity contribution is -0.0255. The summed E-state index contributed by atoms with van der Waals surface area (Å²) in [7, 11) is 2.11. The molecule has 1 N–H and O–H groups in total. The molecule has 1 unspecified atom stereocenters. The molecule has 1 atom stereocenters. The van der Waals surface area contributed by atoms with Gasteiger partial charge in [0.05, 0.1) is 6.61 Å². The van der Waals surface area contributed by atoms with E-state index in [1.807, 2.05) is 0 Å². The number of rotatable bonds is 5. The van der Waals surface area contributed by atoms with Gasteiger partial charge in [-0.25, -0.2) is 9.97 Å². The molecule has 1 fully saturated rings. The number of likely N-dealkylation sites (N-methyl/N-ethyl adjacent to an activating group) is 1. The number of morpholine rings is 1. The van der Waals surface area contributed by atoms with E-state index in [0.29, 0.717) is 0 Å². The first kappa shape index (κ1) is 15.2. The van der Waals surface area contributed by atoms with Crippen molar-refractivity contribution in [3.05, 3.63) is 17.1 Å². The van der Waals surface area contributed by atoms with Gasteiger partial charge in [-0.2, -0.15) is 0 Å². The molecule has 112 valence electrons. The molecule has 1 aromatic rings. The van der Waals surface area contributed by atoms with E-state index >= 15 is 0 Å². The number of aromatic nitrogens is 2. The zero-order chi connectivity index (χ0) is 14.5. The Kier molecular flexibility index (Phi) is 5.31. The molecule has 1 saturated heterocycles. The molecule has 0 aromatic carbocycles. The molecule has 5 heteroatoms. The van der Waals surface area contributed by atoms with Crippen molar-refractivity contribution in [2.45, 2.75) is 39.7 Å². The SMILES string of the molecule is CCCNc1nc(C2CN(C)CCO2)nc(CC)c1C. The van der Waals surface area contributed by atoms with Crippen molar-refractivity contribution in [2.24, 2.45) is 0 Å². The Balaban J connectivity index is 2.27. The van der Waals surface area contributed by atoms with Gasteiger partial charge < -0.3 is 15.0 Å². The van der Waals surface area contributed by atoms with Gasteiger partial charge in [-0.1, -0.05) is 13.8 Å². The van der Waals surface area contributed by atoms with Gasteiger partial charge in [0.15, 0.2) is 5.82 Å². The average Bonchev–Trinajstić information content (AvgIpc) is 2.46. The summed E-state index contributed by atoms with van der Waals surface area (Å²) >= 11 is 0. The fourth-order valence-corrected chi connectivity index (χ4v) is 2.42. The fraction of sp³-hybridized carbons (Fsp3) is 0.733. The number of aryl methyl sites for hydroxylation is 1. The lowest BCUT2D eigenvalue weighted by Gasteiger charge is -2.29. The second-order valence-corrected chi connectivity index (χ2v) is 5.40. The molecule has 2 heterocycles. The number of nitrogens with zero attached hydrogens (tertiary/aromatic N) is 3. The van der Waals surface area contributed by atoms with Crippen LogP contribution in [-0.4, -0.2) is 48.2 Å². The van der Waals surface area contributed by atoms with Crippen LogP contribution in [0.5, 0.6) is 0 Å². The second kappa shape index (κ2) is 6.99. The van der Waals surface area contributed by atoms with Crippen LogP contribution in [0.4, 0.5) is 5.82 Å². The van der Waals surface area contributed by atoms with Crippen molar-refractivity contribution >= 4 is 5.82 Å². The maximum atomic E-state index is 5.84. The fourth-order valence-electron chi connectivity index (χ4n) is 2.42. The quantitative estimate of drug-likeness (QED) is 0.894. The predicted molar refractivity (Wildman–Crippen MR) is 81.1 cm³/mol. The van der Waals surface area contributed by atoms with Gasteiger partial charge in [0, 0.05) is 30.9 Å². The highest BCUT2D eigenvalue weighted by Gasteiger charge is 2.23. The first-order valence-corrected chi connectivity index (χ1v) is 7.57. The highest BCUT2D eigenvalue weighted by atomic mass is 16.5. The van der Waals surface area contributed by atoms with Crippen molar-refractivity contribution in [3.63, 3.8) is 0 Å². The zero-order valence-electron chi connectivity index (χ0n) is 13.1. The first-order chi connectivity index (χ1) is 9.65. The van der Waals surface area contributed by atoms with Gasteiger partial charge in [0.2, 0.25) is 0 Å². The normalized spacial score (nSPS) is 20.1. The van der Waals surface area contributed by atoms with Crippen LogP contribution >= 0.6 is 0 Å². The molecule has 0 spiro atoms. The Bertz CT molecular complexity index is 450. The van der Waals surface area contributed by atoms with Crippen molar-refractivity contribution in [1.29, 1.82) is 0 Å². The van der Waals surface area contributed by atoms with Crippen LogP contribution in [0.25, 0.3) is 0 Å². The largest absolute Gasteiger partial charge is 0.370 e. The standard InChI is InChI=1S/C15H26N4O/c1-5-7-16-14-11(3)12(6-2)17-15(18-14)13-10-19(4)8-9-20-13/h13H,5-10H2,1-4H3,(H,16,17,18). The smallest absolute Gasteiger partial charge is 0.161 e. The predicted octanol–water partition coefficient (Wildman–Crippen LogP) is 2.17. The Labute approximate surface area is 121 Å². The summed E-state index contributed by atoms with van der Waals surface area (Å²) in [6.45, 7) is 9.90. The maximum absolute atomic E-state index is 5.84. The molecule has 0 bridgehead atoms. The summed E-state index contributed by atoms with van der Waals surface area (Å²) in [5.74, 6) is 1.78. The van der Waals surface area contributed by atoms with Crippen LogP contribution in [0.15, 0.2) is 0 Å². The second-order valence-electron chi connectivity index (χ2n) is 5.40. The average molecular weight is 278 g/mol. The topological polar surface area (TPSA) is 50.3 Å². The number of anilines is 1. The van der Waals surface area contributed by atoms with E-state index in [0.717, 1.165) is 62.0 Å². The van der Waals surface area contributed by atoms with E-state index in [2.05, 4.69) is 38.0 Å². The molecule has 1 aromatic heterocycles. The molecule has 5 nitrogen and oxygen atoms in total. The van der Waals surface area contributed by atoms with Gasteiger partial charge in [0.1, 0.15) is 11.9 Å². The van der Waals surface area contributed by atoms with E-state index in [1.165, 1.54) is 0 Å². The van der Waals surface area contributed by atoms with E-state index in [9.17, 15) is 0 Å². The van der Waals surface area contributed by atoms with Gasteiger partial charge in [0.25, 0.3) is 0 Å². The van der Waals surface area contributed by atoms with Crippen molar-refractivity contribution in [2.75, 3.05) is 38.6 Å². The third-order valence-electron chi connectivity index (χ3n) is 3.70. The first-order valence-electron chi connectivity index (χ1n) is 7.57. The minimum absolute atomic E-state index is 0.0122. The zero-order valence-corrected chi connectivity index (χ0v) is 13.1. The van der Waals surface area contributed by atoms with Gasteiger partial charge in [-0.3, -0.25) is 0 Å². The van der Waals surface area contributed by atoms with E-state index < -0.39 is 0 Å². The van der Waals surface area contributed by atoms with Crippen molar-refractivity contribution < 1.29 is 4.74 Å². The molecule has 0 radical (unpaired) electrons. The Hall–Kier alpha value is -1.20. The van der Waals surface area contributed by atoms with E-state index in [1.54, 1.807) is 0 Å². The number of nitrogens with one attached hydrogen (secondary N) is 1. The molecule has 1 aliphatic heterocycles. The molecule has 0 aliphatic carbocycles. The number of hydrogen-bond donors (Lipinski definition) is 1. The van der Waals surface area contributed by atoms with Crippen LogP contribution < -0.4 is 5.32 Å². The van der Waals surface area contributed by atoms with Crippen LogP contribution in [0.2, 0.25) is 0 Å². The van der Waals surface area contributed by atoms with Gasteiger partial charge >= 0.3 is 0 Å². The van der Waals surface area contributed by atoms with E-state index in [-0.39, 0.29) is 6.10 Å². The Morgan fingerprint density at radius 1 is 1.35 bits per heavy atom. The molecular weight excluding hydrogens is 252 g/mol. The van der Waals surface area contributed by atoms with Gasteiger partial charge in [-0.05, 0) is 26.8 Å². The van der Waals surface area contributed by atoms with Crippen LogP contribution in [0, 0.1) is 6.92 Å². The van der Waals surface area contributed by atoms with Crippen LogP contribution in [0.3, 0.4) is 0 Å². The summed E-state index contributed by atoms with van der Waals surface area (Å²) in [6, 6.07) is 0. The monoisotopic (exact) mass is 278 g/mol. The summed E-state index contributed by atoms with van der Waals surface area (Å²) in [5.41, 5.74) is 2.28. The third-order valence-corrected chi connectivity index (χ3v) is 3.70. The Morgan fingerprint density at radius 2 is 2.15 bits per heavy atom. The Morgan fingerprint density at radius 3 is 2.80 bits per heavy atom. The minimum atomic E-state index is -0.0122. The minimum Gasteiger partial charge on any atom is -0.370 e. The third kappa shape index (κ3) is 3.46. The molecule has 20 heavy (non-hydrogen) atoms. The highest BCUT2D eigenvalue weighted by molar-refractivity contribution is 5.46. The summed E-state index contributed by atoms with van der Waals surface area (Å²) in [5, 5.41) is 3.41. The summed E-state index contributed by atoms with van der Waals surface area (Å²) in [6.07, 6.45) is 2.00. The van der Waals surface area contributed by atoms with Crippen molar-refractivity contribution in [3.8, 4) is 0 Å². The molecule has 0 saturated carbocycles. The van der Waals surface area contributed by atoms with Crippen LogP contribution in [0.1, 0.15) is 43.5 Å². The number of hydrogen-bond acceptors (Lipinski definition) is 5. The molecule has 0 amide bonds. The summed E-state index contributed by atoms with van der Waals surface area (Å²) < 4.78 is 5.84. The molecular formula is C15H26N4O. The van der Waals surface area contributed by atoms with Crippen molar-refractivity contribution in [1.82, 2.24) is 14.9 Å². The van der Waals surface area contributed by atoms with Gasteiger partial charge in [-0.15, -0.1) is 0 Å². The molecule has 1 aliphatic rings. The number of ether oxygens (including phenoxy) is 1. The lowest BCUT2D eigenvalue weighted by Crippen LogP contribution is -2.36. The highest BCUT2D eigenvalue weighted by Crippen LogP contribution is 2.23. The maximum Gasteiger partial charge on any atom is 0.161 e. The molecule has 2 rings (SSSR count). The van der Waals surface area contributed by atoms with Crippen LogP contribution in [-0.2, 0) is 11.2 Å².